The van der Waals surface area contributed by atoms with E-state index in [1.54, 1.807) is 25.1 Å². The van der Waals surface area contributed by atoms with Crippen molar-refractivity contribution in [2.24, 2.45) is 0 Å². The predicted molar refractivity (Wildman–Crippen MR) is 65.6 cm³/mol. The summed E-state index contributed by atoms with van der Waals surface area (Å²) in [7, 11) is 0. The summed E-state index contributed by atoms with van der Waals surface area (Å²) < 4.78 is 19.0. The second kappa shape index (κ2) is 4.84. The van der Waals surface area contributed by atoms with E-state index in [0.29, 0.717) is 17.1 Å². The number of halogens is 2. The number of hydrogen-bond donors (Lipinski definition) is 0. The first-order valence-electron chi connectivity index (χ1n) is 5.10. The Hall–Kier alpha value is -1.42. The molecule has 0 atom stereocenters. The molecule has 0 amide bonds. The Morgan fingerprint density at radius 2 is 2.12 bits per heavy atom. The lowest BCUT2D eigenvalue weighted by atomic mass is 10.1. The maximum atomic E-state index is 13.0. The van der Waals surface area contributed by atoms with Gasteiger partial charge in [0, 0.05) is 10.9 Å². The van der Waals surface area contributed by atoms with Gasteiger partial charge < -0.3 is 4.42 Å². The Morgan fingerprint density at radius 1 is 1.35 bits per heavy atom. The van der Waals surface area contributed by atoms with E-state index in [1.165, 1.54) is 12.1 Å². The van der Waals surface area contributed by atoms with Gasteiger partial charge in [0.1, 0.15) is 11.6 Å². The van der Waals surface area contributed by atoms with Crippen LogP contribution in [0.4, 0.5) is 4.39 Å². The number of furan rings is 1. The fourth-order valence-corrected chi connectivity index (χ4v) is 1.91. The number of benzene rings is 1. The molecule has 1 heterocycles. The average molecular weight is 297 g/mol. The SMILES string of the molecule is Cc1ccc(C(=O)Cc2cc(F)ccc2Br)o1. The lowest BCUT2D eigenvalue weighted by molar-refractivity contribution is 0.0965. The maximum absolute atomic E-state index is 13.0. The van der Waals surface area contributed by atoms with Gasteiger partial charge in [0.2, 0.25) is 5.78 Å². The average Bonchev–Trinajstić information content (AvgIpc) is 2.70. The monoisotopic (exact) mass is 296 g/mol. The van der Waals surface area contributed by atoms with Crippen molar-refractivity contribution in [3.05, 3.63) is 57.7 Å². The molecule has 2 nitrogen and oxygen atoms in total. The summed E-state index contributed by atoms with van der Waals surface area (Å²) in [4.78, 5) is 11.9. The van der Waals surface area contributed by atoms with Crippen molar-refractivity contribution in [3.8, 4) is 0 Å². The Morgan fingerprint density at radius 3 is 2.76 bits per heavy atom. The molecule has 0 saturated heterocycles. The number of hydrogen-bond acceptors (Lipinski definition) is 2. The number of carbonyl (C=O) groups excluding carboxylic acids is 1. The number of rotatable bonds is 3. The third kappa shape index (κ3) is 2.82. The zero-order valence-corrected chi connectivity index (χ0v) is 10.8. The number of Topliss-reactive ketones (excluding diaryl/α,β-unsaturated/α-hetero) is 1. The molecule has 0 spiro atoms. The summed E-state index contributed by atoms with van der Waals surface area (Å²) in [6.45, 7) is 1.77. The van der Waals surface area contributed by atoms with Crippen LogP contribution in [0, 0.1) is 12.7 Å². The molecule has 0 aliphatic carbocycles. The maximum Gasteiger partial charge on any atom is 0.202 e. The second-order valence-electron chi connectivity index (χ2n) is 3.75. The van der Waals surface area contributed by atoms with Gasteiger partial charge in [0.15, 0.2) is 5.76 Å². The van der Waals surface area contributed by atoms with Gasteiger partial charge >= 0.3 is 0 Å². The first kappa shape index (κ1) is 12.0. The van der Waals surface area contributed by atoms with Gasteiger partial charge in [-0.15, -0.1) is 0 Å². The molecular weight excluding hydrogens is 287 g/mol. The third-order valence-corrected chi connectivity index (χ3v) is 3.15. The van der Waals surface area contributed by atoms with Gasteiger partial charge in [-0.3, -0.25) is 4.79 Å². The molecule has 4 heteroatoms. The molecule has 1 aromatic heterocycles. The fraction of sp³-hybridized carbons (Fsp3) is 0.154. The molecule has 0 fully saturated rings. The number of carbonyl (C=O) groups is 1. The molecule has 0 bridgehead atoms. The highest BCUT2D eigenvalue weighted by atomic mass is 79.9. The Kier molecular flexibility index (Phi) is 3.43. The van der Waals surface area contributed by atoms with Crippen LogP contribution in [0.3, 0.4) is 0 Å². The fourth-order valence-electron chi connectivity index (χ4n) is 1.52. The van der Waals surface area contributed by atoms with Crippen molar-refractivity contribution in [1.29, 1.82) is 0 Å². The van der Waals surface area contributed by atoms with Crippen LogP contribution in [-0.2, 0) is 6.42 Å². The first-order valence-corrected chi connectivity index (χ1v) is 5.89. The minimum atomic E-state index is -0.355. The lowest BCUT2D eigenvalue weighted by Gasteiger charge is -2.02. The van der Waals surface area contributed by atoms with Crippen LogP contribution in [0.5, 0.6) is 0 Å². The molecule has 2 aromatic rings. The molecule has 2 rings (SSSR count). The minimum absolute atomic E-state index is 0.116. The van der Waals surface area contributed by atoms with Crippen LogP contribution in [0.2, 0.25) is 0 Å². The molecule has 88 valence electrons. The molecule has 0 N–H and O–H groups in total. The highest BCUT2D eigenvalue weighted by Crippen LogP contribution is 2.20. The van der Waals surface area contributed by atoms with Crippen molar-refractivity contribution in [2.75, 3.05) is 0 Å². The first-order chi connectivity index (χ1) is 8.06. The summed E-state index contributed by atoms with van der Waals surface area (Å²) in [6, 6.07) is 7.64. The van der Waals surface area contributed by atoms with Crippen LogP contribution < -0.4 is 0 Å². The summed E-state index contributed by atoms with van der Waals surface area (Å²) in [6.07, 6.45) is 0.116. The van der Waals surface area contributed by atoms with E-state index in [2.05, 4.69) is 15.9 Å². The lowest BCUT2D eigenvalue weighted by Crippen LogP contribution is -2.03. The zero-order valence-electron chi connectivity index (χ0n) is 9.17. The molecule has 0 saturated carbocycles. The quantitative estimate of drug-likeness (QED) is 0.804. The van der Waals surface area contributed by atoms with Gasteiger partial charge in [-0.25, -0.2) is 4.39 Å². The normalized spacial score (nSPS) is 10.5. The van der Waals surface area contributed by atoms with Gasteiger partial charge in [-0.1, -0.05) is 15.9 Å². The third-order valence-electron chi connectivity index (χ3n) is 2.37. The zero-order chi connectivity index (χ0) is 12.4. The smallest absolute Gasteiger partial charge is 0.202 e. The van der Waals surface area contributed by atoms with E-state index >= 15 is 0 Å². The topological polar surface area (TPSA) is 30.2 Å². The Balaban J connectivity index is 2.21. The van der Waals surface area contributed by atoms with E-state index in [-0.39, 0.29) is 18.0 Å². The van der Waals surface area contributed by atoms with Crippen molar-refractivity contribution >= 4 is 21.7 Å². The largest absolute Gasteiger partial charge is 0.458 e. The predicted octanol–water partition coefficient (Wildman–Crippen LogP) is 3.92. The summed E-state index contributed by atoms with van der Waals surface area (Å²) >= 11 is 3.29. The van der Waals surface area contributed by atoms with Crippen LogP contribution in [0.25, 0.3) is 0 Å². The van der Waals surface area contributed by atoms with Crippen molar-refractivity contribution < 1.29 is 13.6 Å². The number of ketones is 1. The van der Waals surface area contributed by atoms with E-state index < -0.39 is 0 Å². The molecule has 0 unspecified atom stereocenters. The van der Waals surface area contributed by atoms with Crippen molar-refractivity contribution in [2.45, 2.75) is 13.3 Å². The highest BCUT2D eigenvalue weighted by molar-refractivity contribution is 9.10. The Bertz CT molecular complexity index is 560. The van der Waals surface area contributed by atoms with E-state index in [9.17, 15) is 9.18 Å². The van der Waals surface area contributed by atoms with Gasteiger partial charge in [0.05, 0.1) is 0 Å². The van der Waals surface area contributed by atoms with Crippen LogP contribution in [0.15, 0.2) is 39.2 Å². The summed E-state index contributed by atoms with van der Waals surface area (Å²) in [5, 5.41) is 0. The summed E-state index contributed by atoms with van der Waals surface area (Å²) in [5.41, 5.74) is 0.615. The van der Waals surface area contributed by atoms with Crippen LogP contribution in [0.1, 0.15) is 21.9 Å². The second-order valence-corrected chi connectivity index (χ2v) is 4.60. The molecular formula is C13H10BrFO2. The molecule has 0 radical (unpaired) electrons. The van der Waals surface area contributed by atoms with Crippen molar-refractivity contribution in [1.82, 2.24) is 0 Å². The molecule has 0 aliphatic rings. The van der Waals surface area contributed by atoms with E-state index in [4.69, 9.17) is 4.42 Å². The highest BCUT2D eigenvalue weighted by Gasteiger charge is 2.13. The van der Waals surface area contributed by atoms with Gasteiger partial charge in [-0.05, 0) is 42.8 Å². The molecule has 1 aromatic carbocycles. The molecule has 17 heavy (non-hydrogen) atoms. The van der Waals surface area contributed by atoms with Crippen LogP contribution in [-0.4, -0.2) is 5.78 Å². The van der Waals surface area contributed by atoms with Gasteiger partial charge in [-0.2, -0.15) is 0 Å². The van der Waals surface area contributed by atoms with Crippen LogP contribution >= 0.6 is 15.9 Å². The standard InChI is InChI=1S/C13H10BrFO2/c1-8-2-5-13(17-8)12(16)7-9-6-10(15)3-4-11(9)14/h2-6H,7H2,1H3. The van der Waals surface area contributed by atoms with Gasteiger partial charge in [0.25, 0.3) is 0 Å². The molecule has 0 aliphatic heterocycles. The minimum Gasteiger partial charge on any atom is -0.458 e. The van der Waals surface area contributed by atoms with E-state index in [0.717, 1.165) is 4.47 Å². The Labute approximate surface area is 107 Å². The van der Waals surface area contributed by atoms with Crippen molar-refractivity contribution in [3.63, 3.8) is 0 Å². The number of aryl methyl sites for hydroxylation is 1. The summed E-state index contributed by atoms with van der Waals surface area (Å²) in [5.74, 6) is 0.473. The van der Waals surface area contributed by atoms with E-state index in [1.807, 2.05) is 0 Å².